The maximum atomic E-state index is 12.4. The van der Waals surface area contributed by atoms with E-state index < -0.39 is 10.0 Å². The van der Waals surface area contributed by atoms with Crippen molar-refractivity contribution in [3.8, 4) is 6.07 Å². The van der Waals surface area contributed by atoms with E-state index in [4.69, 9.17) is 5.26 Å². The first-order chi connectivity index (χ1) is 14.5. The summed E-state index contributed by atoms with van der Waals surface area (Å²) >= 11 is 0. The molecule has 30 heavy (non-hydrogen) atoms. The number of hydrogen-bond acceptors (Lipinski definition) is 4. The van der Waals surface area contributed by atoms with Crippen molar-refractivity contribution in [3.05, 3.63) is 95.6 Å². The van der Waals surface area contributed by atoms with Gasteiger partial charge in [0.1, 0.15) is 0 Å². The summed E-state index contributed by atoms with van der Waals surface area (Å²) in [6.07, 6.45) is 0.719. The average Bonchev–Trinajstić information content (AvgIpc) is 2.77. The molecule has 1 amide bonds. The molecule has 3 rings (SSSR count). The third-order valence-corrected chi connectivity index (χ3v) is 5.88. The molecule has 0 unspecified atom stereocenters. The molecule has 6 nitrogen and oxygen atoms in total. The monoisotopic (exact) mass is 419 g/mol. The molecule has 0 spiro atoms. The number of carbonyl (C=O) groups is 1. The van der Waals surface area contributed by atoms with Gasteiger partial charge in [-0.1, -0.05) is 48.5 Å². The highest BCUT2D eigenvalue weighted by molar-refractivity contribution is 7.89. The third-order valence-electron chi connectivity index (χ3n) is 4.46. The number of nitrogens with zero attached hydrogens (tertiary/aromatic N) is 1. The zero-order valence-electron chi connectivity index (χ0n) is 16.2. The second-order valence-corrected chi connectivity index (χ2v) is 8.46. The quantitative estimate of drug-likeness (QED) is 0.583. The summed E-state index contributed by atoms with van der Waals surface area (Å²) in [7, 11) is -3.61. The molecular weight excluding hydrogens is 398 g/mol. The highest BCUT2D eigenvalue weighted by atomic mass is 32.2. The van der Waals surface area contributed by atoms with Crippen molar-refractivity contribution in [1.82, 2.24) is 4.72 Å². The molecule has 0 aliphatic rings. The van der Waals surface area contributed by atoms with Crippen LogP contribution in [0.15, 0.2) is 83.8 Å². The van der Waals surface area contributed by atoms with Crippen LogP contribution in [0.2, 0.25) is 0 Å². The van der Waals surface area contributed by atoms with E-state index in [0.29, 0.717) is 17.7 Å². The zero-order chi connectivity index (χ0) is 21.4. The van der Waals surface area contributed by atoms with Crippen molar-refractivity contribution in [3.63, 3.8) is 0 Å². The smallest absolute Gasteiger partial charge is 0.240 e. The van der Waals surface area contributed by atoms with Crippen molar-refractivity contribution in [1.29, 1.82) is 5.26 Å². The summed E-state index contributed by atoms with van der Waals surface area (Å²) in [6.45, 7) is 0.220. The number of nitriles is 1. The first-order valence-corrected chi connectivity index (χ1v) is 10.9. The van der Waals surface area contributed by atoms with Gasteiger partial charge in [-0.3, -0.25) is 4.79 Å². The lowest BCUT2D eigenvalue weighted by atomic mass is 10.1. The second-order valence-electron chi connectivity index (χ2n) is 6.69. The number of nitrogens with one attached hydrogen (secondary N) is 2. The van der Waals surface area contributed by atoms with E-state index in [0.717, 1.165) is 11.1 Å². The fourth-order valence-corrected chi connectivity index (χ4v) is 3.86. The van der Waals surface area contributed by atoms with Crippen LogP contribution in [0.5, 0.6) is 0 Å². The average molecular weight is 420 g/mol. The minimum Gasteiger partial charge on any atom is -0.326 e. The van der Waals surface area contributed by atoms with Crippen molar-refractivity contribution >= 4 is 21.6 Å². The molecule has 0 radical (unpaired) electrons. The van der Waals surface area contributed by atoms with Gasteiger partial charge in [0.25, 0.3) is 0 Å². The zero-order valence-corrected chi connectivity index (χ0v) is 17.0. The van der Waals surface area contributed by atoms with Crippen LogP contribution in [0.3, 0.4) is 0 Å². The molecule has 0 aliphatic heterocycles. The largest absolute Gasteiger partial charge is 0.326 e. The molecule has 2 N–H and O–H groups in total. The Hall–Kier alpha value is -3.47. The minimum absolute atomic E-state index is 0.175. The van der Waals surface area contributed by atoms with Gasteiger partial charge in [-0.25, -0.2) is 13.1 Å². The van der Waals surface area contributed by atoms with E-state index in [1.807, 2.05) is 36.4 Å². The van der Waals surface area contributed by atoms with Crippen LogP contribution in [0.4, 0.5) is 5.69 Å². The number of rotatable bonds is 8. The molecule has 0 aromatic heterocycles. The molecule has 0 fully saturated rings. The first kappa shape index (κ1) is 21.2. The summed E-state index contributed by atoms with van der Waals surface area (Å²) in [4.78, 5) is 12.3. The summed E-state index contributed by atoms with van der Waals surface area (Å²) < 4.78 is 27.5. The number of anilines is 1. The SMILES string of the molecule is N#Cc1cccc(NC(=O)CCc2ccc(S(=O)(=O)NCc3ccccc3)cc2)c1. The summed E-state index contributed by atoms with van der Waals surface area (Å²) in [5, 5.41) is 11.7. The van der Waals surface area contributed by atoms with E-state index in [2.05, 4.69) is 10.0 Å². The normalized spacial score (nSPS) is 10.9. The molecule has 0 saturated heterocycles. The number of aryl methyl sites for hydroxylation is 1. The Morgan fingerprint density at radius 3 is 2.33 bits per heavy atom. The van der Waals surface area contributed by atoms with E-state index in [9.17, 15) is 13.2 Å². The second kappa shape index (κ2) is 9.83. The van der Waals surface area contributed by atoms with Gasteiger partial charge in [-0.05, 0) is 47.9 Å². The lowest BCUT2D eigenvalue weighted by molar-refractivity contribution is -0.116. The molecule has 0 aliphatic carbocycles. The van der Waals surface area contributed by atoms with Crippen LogP contribution < -0.4 is 10.0 Å². The van der Waals surface area contributed by atoms with Gasteiger partial charge in [0.05, 0.1) is 16.5 Å². The molecule has 152 valence electrons. The van der Waals surface area contributed by atoms with Crippen LogP contribution >= 0.6 is 0 Å². The van der Waals surface area contributed by atoms with Gasteiger partial charge in [-0.15, -0.1) is 0 Å². The highest BCUT2D eigenvalue weighted by Gasteiger charge is 2.13. The fraction of sp³-hybridized carbons (Fsp3) is 0.130. The Labute approximate surface area is 176 Å². The van der Waals surface area contributed by atoms with Crippen molar-refractivity contribution in [2.75, 3.05) is 5.32 Å². The predicted molar refractivity (Wildman–Crippen MR) is 115 cm³/mol. The van der Waals surface area contributed by atoms with Gasteiger partial charge in [0.15, 0.2) is 0 Å². The molecule has 0 atom stereocenters. The van der Waals surface area contributed by atoms with Crippen LogP contribution in [-0.2, 0) is 27.8 Å². The number of sulfonamides is 1. The number of carbonyl (C=O) groups excluding carboxylic acids is 1. The van der Waals surface area contributed by atoms with Gasteiger partial charge in [-0.2, -0.15) is 5.26 Å². The maximum absolute atomic E-state index is 12.4. The standard InChI is InChI=1S/C23H21N3O3S/c24-16-20-7-4-8-21(15-20)26-23(27)14-11-18-9-12-22(13-10-18)30(28,29)25-17-19-5-2-1-3-6-19/h1-10,12-13,15,25H,11,14,17H2,(H,26,27). The Kier molecular flexibility index (Phi) is 6.96. The number of benzene rings is 3. The minimum atomic E-state index is -3.61. The van der Waals surface area contributed by atoms with Gasteiger partial charge in [0, 0.05) is 18.7 Å². The molecule has 0 bridgehead atoms. The Morgan fingerprint density at radius 2 is 1.63 bits per heavy atom. The van der Waals surface area contributed by atoms with Crippen molar-refractivity contribution in [2.24, 2.45) is 0 Å². The molecule has 3 aromatic rings. The van der Waals surface area contributed by atoms with Crippen LogP contribution in [0.1, 0.15) is 23.1 Å². The van der Waals surface area contributed by atoms with E-state index >= 15 is 0 Å². The Morgan fingerprint density at radius 1 is 0.900 bits per heavy atom. The van der Waals surface area contributed by atoms with Gasteiger partial charge in [0.2, 0.25) is 15.9 Å². The van der Waals surface area contributed by atoms with E-state index in [1.54, 1.807) is 36.4 Å². The van der Waals surface area contributed by atoms with E-state index in [-0.39, 0.29) is 23.8 Å². The lowest BCUT2D eigenvalue weighted by Gasteiger charge is -2.08. The Bertz CT molecular complexity index is 1150. The molecule has 3 aromatic carbocycles. The summed E-state index contributed by atoms with van der Waals surface area (Å²) in [5.74, 6) is -0.175. The van der Waals surface area contributed by atoms with Crippen LogP contribution in [0.25, 0.3) is 0 Å². The molecule has 0 saturated carbocycles. The highest BCUT2D eigenvalue weighted by Crippen LogP contribution is 2.14. The lowest BCUT2D eigenvalue weighted by Crippen LogP contribution is -2.23. The van der Waals surface area contributed by atoms with E-state index in [1.165, 1.54) is 12.1 Å². The number of amides is 1. The topological polar surface area (TPSA) is 99.1 Å². The van der Waals surface area contributed by atoms with Gasteiger partial charge < -0.3 is 5.32 Å². The summed E-state index contributed by atoms with van der Waals surface area (Å²) in [6, 6.07) is 24.5. The fourth-order valence-electron chi connectivity index (χ4n) is 2.84. The molecule has 0 heterocycles. The van der Waals surface area contributed by atoms with Crippen molar-refractivity contribution in [2.45, 2.75) is 24.3 Å². The molecule has 7 heteroatoms. The van der Waals surface area contributed by atoms with Crippen molar-refractivity contribution < 1.29 is 13.2 Å². The summed E-state index contributed by atoms with van der Waals surface area (Å²) in [5.41, 5.74) is 2.79. The van der Waals surface area contributed by atoms with Gasteiger partial charge >= 0.3 is 0 Å². The Balaban J connectivity index is 1.53. The van der Waals surface area contributed by atoms with Crippen LogP contribution in [-0.4, -0.2) is 14.3 Å². The predicted octanol–water partition coefficient (Wildman–Crippen LogP) is 3.61. The first-order valence-electron chi connectivity index (χ1n) is 9.39. The molecular formula is C23H21N3O3S. The number of hydrogen-bond donors (Lipinski definition) is 2. The maximum Gasteiger partial charge on any atom is 0.240 e. The third kappa shape index (κ3) is 6.01. The van der Waals surface area contributed by atoms with Crippen LogP contribution in [0, 0.1) is 11.3 Å².